The van der Waals surface area contributed by atoms with Gasteiger partial charge in [0.15, 0.2) is 11.5 Å². The third-order valence-electron chi connectivity index (χ3n) is 3.11. The van der Waals surface area contributed by atoms with Crippen molar-refractivity contribution in [1.29, 1.82) is 0 Å². The van der Waals surface area contributed by atoms with E-state index < -0.39 is 0 Å². The summed E-state index contributed by atoms with van der Waals surface area (Å²) in [6, 6.07) is 3.78. The van der Waals surface area contributed by atoms with Crippen LogP contribution in [-0.2, 0) is 6.54 Å². The molecule has 5 nitrogen and oxygen atoms in total. The lowest BCUT2D eigenvalue weighted by Gasteiger charge is -2.11. The Kier molecular flexibility index (Phi) is 4.13. The van der Waals surface area contributed by atoms with Gasteiger partial charge in [0.2, 0.25) is 0 Å². The lowest BCUT2D eigenvalue weighted by Crippen LogP contribution is -2.18. The van der Waals surface area contributed by atoms with E-state index in [1.807, 2.05) is 16.7 Å². The highest BCUT2D eigenvalue weighted by Gasteiger charge is 2.17. The Bertz CT molecular complexity index is 649. The van der Waals surface area contributed by atoms with Crippen molar-refractivity contribution in [3.8, 4) is 11.5 Å². The Morgan fingerprint density at radius 1 is 1.30 bits per heavy atom. The van der Waals surface area contributed by atoms with E-state index in [2.05, 4.69) is 18.8 Å². The number of ether oxygens (including phenoxy) is 2. The van der Waals surface area contributed by atoms with Crippen molar-refractivity contribution in [1.82, 2.24) is 9.55 Å². The van der Waals surface area contributed by atoms with E-state index in [1.165, 1.54) is 0 Å². The van der Waals surface area contributed by atoms with Gasteiger partial charge in [-0.25, -0.2) is 4.98 Å². The van der Waals surface area contributed by atoms with Crippen molar-refractivity contribution in [3.63, 3.8) is 0 Å². The molecule has 0 aliphatic rings. The lowest BCUT2D eigenvalue weighted by atomic mass is 10.2. The molecule has 0 radical (unpaired) electrons. The summed E-state index contributed by atoms with van der Waals surface area (Å²) in [4.78, 5) is 5.09. The molecule has 0 saturated heterocycles. The number of benzene rings is 1. The fraction of sp³-hybridized carbons (Fsp3) is 0.429. The van der Waals surface area contributed by atoms with Gasteiger partial charge in [-0.05, 0) is 0 Å². The second kappa shape index (κ2) is 5.66. The minimum absolute atomic E-state index is 0.272. The maximum atomic E-state index is 5.70. The summed E-state index contributed by atoms with van der Waals surface area (Å²) in [6.45, 7) is 4.65. The van der Waals surface area contributed by atoms with E-state index in [0.717, 1.165) is 16.9 Å². The van der Waals surface area contributed by atoms with Crippen molar-refractivity contribution in [2.45, 2.75) is 26.3 Å². The van der Waals surface area contributed by atoms with Crippen LogP contribution in [0, 0.1) is 0 Å². The molecule has 0 aliphatic carbocycles. The van der Waals surface area contributed by atoms with Gasteiger partial charge in [-0.3, -0.25) is 0 Å². The quantitative estimate of drug-likeness (QED) is 0.858. The summed E-state index contributed by atoms with van der Waals surface area (Å²) in [6.07, 6.45) is 0. The Morgan fingerprint density at radius 2 is 1.90 bits per heavy atom. The number of imidazole rings is 1. The average Bonchev–Trinajstić information content (AvgIpc) is 2.74. The SMILES string of the molecule is COc1cc2nc(C(C)C)n(CC(N)=S)c2cc1OC. The Balaban J connectivity index is 2.71. The van der Waals surface area contributed by atoms with Gasteiger partial charge in [0, 0.05) is 18.1 Å². The van der Waals surface area contributed by atoms with Crippen LogP contribution in [-0.4, -0.2) is 28.8 Å². The minimum Gasteiger partial charge on any atom is -0.493 e. The van der Waals surface area contributed by atoms with Crippen LogP contribution >= 0.6 is 12.2 Å². The van der Waals surface area contributed by atoms with Gasteiger partial charge >= 0.3 is 0 Å². The normalized spacial score (nSPS) is 11.1. The number of nitrogens with two attached hydrogens (primary N) is 1. The molecule has 2 aromatic rings. The smallest absolute Gasteiger partial charge is 0.163 e. The summed E-state index contributed by atoms with van der Waals surface area (Å²) >= 11 is 5.04. The molecule has 1 aromatic carbocycles. The minimum atomic E-state index is 0.272. The first-order valence-electron chi connectivity index (χ1n) is 6.38. The van der Waals surface area contributed by atoms with Gasteiger partial charge in [-0.15, -0.1) is 0 Å². The number of hydrogen-bond acceptors (Lipinski definition) is 4. The Morgan fingerprint density at radius 3 is 2.40 bits per heavy atom. The summed E-state index contributed by atoms with van der Waals surface area (Å²) in [7, 11) is 3.22. The third kappa shape index (κ3) is 2.56. The number of rotatable bonds is 5. The van der Waals surface area contributed by atoms with E-state index in [9.17, 15) is 0 Å². The molecule has 1 heterocycles. The maximum Gasteiger partial charge on any atom is 0.163 e. The standard InChI is InChI=1S/C14H19N3O2S/c1-8(2)14-16-9-5-11(18-3)12(19-4)6-10(9)17(14)7-13(15)20/h5-6,8H,7H2,1-4H3,(H2,15,20). The van der Waals surface area contributed by atoms with Crippen molar-refractivity contribution in [3.05, 3.63) is 18.0 Å². The van der Waals surface area contributed by atoms with Gasteiger partial charge in [0.25, 0.3) is 0 Å². The van der Waals surface area contributed by atoms with Crippen LogP contribution in [0.25, 0.3) is 11.0 Å². The van der Waals surface area contributed by atoms with E-state index >= 15 is 0 Å². The van der Waals surface area contributed by atoms with Crippen LogP contribution in [0.15, 0.2) is 12.1 Å². The van der Waals surface area contributed by atoms with E-state index in [0.29, 0.717) is 23.0 Å². The molecule has 0 saturated carbocycles. The summed E-state index contributed by atoms with van der Waals surface area (Å²) in [5, 5.41) is 0. The van der Waals surface area contributed by atoms with E-state index in [-0.39, 0.29) is 5.92 Å². The molecule has 108 valence electrons. The second-order valence-electron chi connectivity index (χ2n) is 4.87. The van der Waals surface area contributed by atoms with Gasteiger partial charge in [0.05, 0.1) is 36.8 Å². The van der Waals surface area contributed by atoms with E-state index in [4.69, 9.17) is 27.4 Å². The molecule has 6 heteroatoms. The molecule has 0 unspecified atom stereocenters. The molecule has 0 spiro atoms. The predicted octanol–water partition coefficient (Wildman–Crippen LogP) is 2.46. The number of hydrogen-bond donors (Lipinski definition) is 1. The molecule has 0 bridgehead atoms. The summed E-state index contributed by atoms with van der Waals surface area (Å²) in [5.74, 6) is 2.55. The second-order valence-corrected chi connectivity index (χ2v) is 5.40. The fourth-order valence-electron chi connectivity index (χ4n) is 2.23. The first-order chi connectivity index (χ1) is 9.47. The number of nitrogens with zero attached hydrogens (tertiary/aromatic N) is 2. The molecule has 2 rings (SSSR count). The number of aromatic nitrogens is 2. The molecule has 0 fully saturated rings. The molecule has 20 heavy (non-hydrogen) atoms. The van der Waals surface area contributed by atoms with E-state index in [1.54, 1.807) is 14.2 Å². The fourth-order valence-corrected chi connectivity index (χ4v) is 2.36. The zero-order chi connectivity index (χ0) is 14.9. The zero-order valence-electron chi connectivity index (χ0n) is 12.1. The monoisotopic (exact) mass is 293 g/mol. The zero-order valence-corrected chi connectivity index (χ0v) is 13.0. The first-order valence-corrected chi connectivity index (χ1v) is 6.79. The highest BCUT2D eigenvalue weighted by molar-refractivity contribution is 7.80. The number of thiocarbonyl (C=S) groups is 1. The maximum absolute atomic E-state index is 5.70. The van der Waals surface area contributed by atoms with Crippen LogP contribution < -0.4 is 15.2 Å². The molecular formula is C14H19N3O2S. The molecule has 0 amide bonds. The number of methoxy groups -OCH3 is 2. The molecular weight excluding hydrogens is 274 g/mol. The van der Waals surface area contributed by atoms with Crippen molar-refractivity contribution >= 4 is 28.2 Å². The molecule has 0 atom stereocenters. The largest absolute Gasteiger partial charge is 0.493 e. The predicted molar refractivity (Wildman–Crippen MR) is 83.7 cm³/mol. The topological polar surface area (TPSA) is 62.3 Å². The number of fused-ring (bicyclic) bond motifs is 1. The van der Waals surface area contributed by atoms with Crippen molar-refractivity contribution in [2.24, 2.45) is 5.73 Å². The van der Waals surface area contributed by atoms with Gasteiger partial charge in [0.1, 0.15) is 5.82 Å². The average molecular weight is 293 g/mol. The summed E-state index contributed by atoms with van der Waals surface area (Å²) < 4.78 is 12.7. The lowest BCUT2D eigenvalue weighted by molar-refractivity contribution is 0.355. The molecule has 2 N–H and O–H groups in total. The Hall–Kier alpha value is -1.82. The van der Waals surface area contributed by atoms with Crippen LogP contribution in [0.4, 0.5) is 0 Å². The molecule has 1 aromatic heterocycles. The highest BCUT2D eigenvalue weighted by atomic mass is 32.1. The van der Waals surface area contributed by atoms with Crippen LogP contribution in [0.5, 0.6) is 11.5 Å². The van der Waals surface area contributed by atoms with Crippen LogP contribution in [0.3, 0.4) is 0 Å². The van der Waals surface area contributed by atoms with Crippen molar-refractivity contribution in [2.75, 3.05) is 14.2 Å². The third-order valence-corrected chi connectivity index (χ3v) is 3.24. The first kappa shape index (κ1) is 14.6. The Labute approximate surface area is 123 Å². The molecule has 0 aliphatic heterocycles. The van der Waals surface area contributed by atoms with Crippen LogP contribution in [0.1, 0.15) is 25.6 Å². The van der Waals surface area contributed by atoms with Gasteiger partial charge in [-0.1, -0.05) is 26.1 Å². The van der Waals surface area contributed by atoms with Crippen LogP contribution in [0.2, 0.25) is 0 Å². The van der Waals surface area contributed by atoms with Gasteiger partial charge in [-0.2, -0.15) is 0 Å². The highest BCUT2D eigenvalue weighted by Crippen LogP contribution is 2.33. The summed E-state index contributed by atoms with van der Waals surface area (Å²) in [5.41, 5.74) is 7.49. The van der Waals surface area contributed by atoms with Crippen molar-refractivity contribution < 1.29 is 9.47 Å². The van der Waals surface area contributed by atoms with Gasteiger partial charge < -0.3 is 19.8 Å².